The van der Waals surface area contributed by atoms with Gasteiger partial charge in [-0.25, -0.2) is 19.7 Å². The molecule has 0 spiro atoms. The molecule has 3 heterocycles. The molecule has 380 valence electrons. The number of hydrogen-bond donors (Lipinski definition) is 4. The second kappa shape index (κ2) is 24.3. The van der Waals surface area contributed by atoms with Crippen molar-refractivity contribution in [3.8, 4) is 21.7 Å². The minimum absolute atomic E-state index is 0.0385. The lowest BCUT2D eigenvalue weighted by Crippen LogP contribution is -2.48. The van der Waals surface area contributed by atoms with Crippen molar-refractivity contribution in [3.63, 3.8) is 0 Å². The Labute approximate surface area is 426 Å². The van der Waals surface area contributed by atoms with E-state index in [1.807, 2.05) is 77.1 Å². The number of carbonyl (C=O) groups excluding carboxylic acids is 3. The highest BCUT2D eigenvalue weighted by atomic mass is 32.1. The first-order valence-electron chi connectivity index (χ1n) is 25.1. The predicted octanol–water partition coefficient (Wildman–Crippen LogP) is 10.3. The molecule has 0 unspecified atom stereocenters. The van der Waals surface area contributed by atoms with Gasteiger partial charge in [-0.15, -0.1) is 11.3 Å². The van der Waals surface area contributed by atoms with Crippen LogP contribution in [0.2, 0.25) is 0 Å². The first-order chi connectivity index (χ1) is 34.8. The van der Waals surface area contributed by atoms with Crippen LogP contribution in [0.3, 0.4) is 0 Å². The van der Waals surface area contributed by atoms with Crippen LogP contribution in [0.1, 0.15) is 93.3 Å². The van der Waals surface area contributed by atoms with Crippen LogP contribution in [0, 0.1) is 19.8 Å². The van der Waals surface area contributed by atoms with Crippen LogP contribution in [0.25, 0.3) is 31.9 Å². The largest absolute Gasteiger partial charge is 0.444 e. The topological polar surface area (TPSA) is 178 Å². The number of rotatable bonds is 21. The van der Waals surface area contributed by atoms with Crippen LogP contribution in [0.4, 0.5) is 22.0 Å². The van der Waals surface area contributed by atoms with Gasteiger partial charge in [-0.3, -0.25) is 14.9 Å². The molecule has 2 aromatic heterocycles. The monoisotopic (exact) mass is 996 g/mol. The molecule has 1 aliphatic carbocycles. The fraction of sp³-hybridized carbons (Fsp3) is 0.429. The Hall–Kier alpha value is -6.46. The van der Waals surface area contributed by atoms with Crippen LogP contribution in [0.15, 0.2) is 97.1 Å². The maximum Gasteiger partial charge on any atom is 0.412 e. The van der Waals surface area contributed by atoms with Crippen molar-refractivity contribution in [1.29, 1.82) is 0 Å². The lowest BCUT2D eigenvalue weighted by atomic mass is 9.84. The number of benzene rings is 4. The number of carbonyl (C=O) groups is 3. The molecular weight excluding hydrogens is 929 g/mol. The molecule has 3 amide bonds. The van der Waals surface area contributed by atoms with Crippen molar-refractivity contribution < 1.29 is 33.3 Å². The van der Waals surface area contributed by atoms with Crippen molar-refractivity contribution in [2.24, 2.45) is 5.92 Å². The second-order valence-corrected chi connectivity index (χ2v) is 20.6. The highest BCUT2D eigenvalue weighted by molar-refractivity contribution is 7.21. The zero-order valence-electron chi connectivity index (χ0n) is 42.3. The number of nitrogens with zero attached hydrogens (tertiary/aromatic N) is 4. The lowest BCUT2D eigenvalue weighted by molar-refractivity contribution is -0.122. The lowest BCUT2D eigenvalue weighted by Gasteiger charge is -2.35. The molecule has 1 aliphatic heterocycles. The van der Waals surface area contributed by atoms with Crippen LogP contribution < -0.4 is 26.2 Å². The second-order valence-electron chi connectivity index (χ2n) is 19.6. The van der Waals surface area contributed by atoms with Crippen molar-refractivity contribution in [1.82, 2.24) is 25.6 Å². The molecule has 4 aromatic carbocycles. The summed E-state index contributed by atoms with van der Waals surface area (Å²) in [6.45, 7) is 15.1. The molecule has 2 aliphatic rings. The molecule has 0 bridgehead atoms. The maximum absolute atomic E-state index is 13.9. The molecule has 8 rings (SSSR count). The summed E-state index contributed by atoms with van der Waals surface area (Å²) in [5.41, 5.74) is 7.49. The van der Waals surface area contributed by atoms with Gasteiger partial charge in [0.2, 0.25) is 5.91 Å². The van der Waals surface area contributed by atoms with E-state index in [0.29, 0.717) is 87.2 Å². The van der Waals surface area contributed by atoms with Crippen LogP contribution in [-0.2, 0) is 23.7 Å². The molecule has 72 heavy (non-hydrogen) atoms. The molecule has 1 saturated carbocycles. The summed E-state index contributed by atoms with van der Waals surface area (Å²) in [5.74, 6) is 1.41. The average molecular weight is 997 g/mol. The molecule has 0 radical (unpaired) electrons. The van der Waals surface area contributed by atoms with Crippen LogP contribution >= 0.6 is 11.3 Å². The summed E-state index contributed by atoms with van der Waals surface area (Å²) in [6, 6.07) is 30.8. The van der Waals surface area contributed by atoms with Gasteiger partial charge >= 0.3 is 6.09 Å². The zero-order valence-corrected chi connectivity index (χ0v) is 43.1. The van der Waals surface area contributed by atoms with E-state index in [9.17, 15) is 14.4 Å². The van der Waals surface area contributed by atoms with Gasteiger partial charge in [0, 0.05) is 47.7 Å². The first-order valence-corrected chi connectivity index (χ1v) is 26.0. The summed E-state index contributed by atoms with van der Waals surface area (Å²) in [4.78, 5) is 56.2. The molecule has 4 atom stereocenters. The number of thiazole rings is 1. The third-order valence-corrected chi connectivity index (χ3v) is 13.9. The van der Waals surface area contributed by atoms with Crippen molar-refractivity contribution >= 4 is 56.7 Å². The van der Waals surface area contributed by atoms with Crippen molar-refractivity contribution in [3.05, 3.63) is 120 Å². The Morgan fingerprint density at radius 1 is 0.736 bits per heavy atom. The number of anilines is 3. The maximum atomic E-state index is 13.9. The summed E-state index contributed by atoms with van der Waals surface area (Å²) >= 11 is 1.71. The highest BCUT2D eigenvalue weighted by Gasteiger charge is 2.46. The highest BCUT2D eigenvalue weighted by Crippen LogP contribution is 2.42. The van der Waals surface area contributed by atoms with Gasteiger partial charge < -0.3 is 39.8 Å². The Bertz CT molecular complexity index is 2760. The smallest absolute Gasteiger partial charge is 0.412 e. The summed E-state index contributed by atoms with van der Waals surface area (Å²) in [5, 5.41) is 13.4. The van der Waals surface area contributed by atoms with Gasteiger partial charge in [0.05, 0.1) is 61.6 Å². The molecule has 2 fully saturated rings. The van der Waals surface area contributed by atoms with Gasteiger partial charge in [-0.05, 0) is 144 Å². The minimum atomic E-state index is -0.591. The molecule has 4 N–H and O–H groups in total. The normalized spacial score (nSPS) is 17.0. The summed E-state index contributed by atoms with van der Waals surface area (Å²) < 4.78 is 23.8. The number of hydrogen-bond acceptors (Lipinski definition) is 13. The summed E-state index contributed by atoms with van der Waals surface area (Å²) in [6.07, 6.45) is 4.58. The number of nitrogens with one attached hydrogen (secondary N) is 4. The van der Waals surface area contributed by atoms with Gasteiger partial charge in [0.25, 0.3) is 5.91 Å². The van der Waals surface area contributed by atoms with Gasteiger partial charge in [0.15, 0.2) is 0 Å². The van der Waals surface area contributed by atoms with E-state index in [4.69, 9.17) is 33.9 Å². The fourth-order valence-corrected chi connectivity index (χ4v) is 10.4. The van der Waals surface area contributed by atoms with Crippen molar-refractivity contribution in [2.75, 3.05) is 68.3 Å². The number of aromatic nitrogens is 3. The van der Waals surface area contributed by atoms with E-state index in [-0.39, 0.29) is 23.9 Å². The Morgan fingerprint density at radius 2 is 1.38 bits per heavy atom. The summed E-state index contributed by atoms with van der Waals surface area (Å²) in [7, 11) is 0. The Morgan fingerprint density at radius 3 is 2.08 bits per heavy atom. The van der Waals surface area contributed by atoms with Crippen LogP contribution in [-0.4, -0.2) is 103 Å². The van der Waals surface area contributed by atoms with Gasteiger partial charge in [0.1, 0.15) is 28.3 Å². The number of fused-ring (bicyclic) bond motifs is 2. The number of amides is 3. The van der Waals surface area contributed by atoms with E-state index >= 15 is 0 Å². The van der Waals surface area contributed by atoms with E-state index < -0.39 is 17.7 Å². The van der Waals surface area contributed by atoms with Crippen molar-refractivity contribution in [2.45, 2.75) is 97.4 Å². The third kappa shape index (κ3) is 14.1. The average Bonchev–Trinajstić information content (AvgIpc) is 3.97. The molecule has 1 saturated heterocycles. The first kappa shape index (κ1) is 51.9. The van der Waals surface area contributed by atoms with Gasteiger partial charge in [-0.1, -0.05) is 43.2 Å². The predicted molar refractivity (Wildman–Crippen MR) is 285 cm³/mol. The van der Waals surface area contributed by atoms with E-state index in [0.717, 1.165) is 65.0 Å². The Balaban J connectivity index is 0.737. The molecular formula is C56H68N8O7S. The molecule has 15 nitrogen and oxygen atoms in total. The van der Waals surface area contributed by atoms with E-state index in [1.54, 1.807) is 23.5 Å². The van der Waals surface area contributed by atoms with E-state index in [1.165, 1.54) is 10.3 Å². The van der Waals surface area contributed by atoms with E-state index in [2.05, 4.69) is 75.6 Å². The fourth-order valence-electron chi connectivity index (χ4n) is 9.35. The number of aryl methyl sites for hydroxylation is 2. The Kier molecular flexibility index (Phi) is 17.5. The zero-order chi connectivity index (χ0) is 50.6. The third-order valence-electron chi connectivity index (χ3n) is 12.8. The van der Waals surface area contributed by atoms with Crippen LogP contribution in [0.5, 0.6) is 0 Å². The quantitative estimate of drug-likeness (QED) is 0.0503. The van der Waals surface area contributed by atoms with Gasteiger partial charge in [-0.2, -0.15) is 0 Å². The minimum Gasteiger partial charge on any atom is -0.444 e. The standard InChI is InChI=1S/C56H68N8O7S/c1-36-11-24-46-50(33-36)72-54(63-46)42-18-20-44(21-19-42)57-25-27-68-29-31-70-32-30-69-28-26-58-53(66)49-34-43-9-7-8-10-48(43)64(49)51-35-47(60-38(3)61-51)37(2)59-52(65)41-14-12-39(13-15-41)40-16-22-45(23-17-40)62-55(67)71-56(4,5)6/h11-24,33,35,37,43,48-49,57H,7-10,25-32,34H2,1-6H3,(H,58,66)(H,59,65)(H,62,67)/t37-,43-,48-,49-/m0/s1. The molecule has 6 aromatic rings. The number of ether oxygens (including phenoxy) is 4. The molecule has 16 heteroatoms. The SMILES string of the molecule is Cc1ccc2nc(-c3ccc(NCCOCCOCCOCCNC(=O)[C@@H]4C[C@@H]5CCCC[C@@H]5N4c4cc([C@H](C)NC(=O)c5ccc(-c6ccc(NC(=O)OC(C)(C)C)cc6)cc5)nc(C)n4)cc3)sc2c1.